The highest BCUT2D eigenvalue weighted by Crippen LogP contribution is 2.19. The van der Waals surface area contributed by atoms with E-state index in [4.69, 9.17) is 5.11 Å². The van der Waals surface area contributed by atoms with E-state index in [1.54, 1.807) is 6.20 Å². The van der Waals surface area contributed by atoms with Crippen LogP contribution in [-0.2, 0) is 19.6 Å². The summed E-state index contributed by atoms with van der Waals surface area (Å²) >= 11 is 0. The van der Waals surface area contributed by atoms with Crippen molar-refractivity contribution in [1.82, 2.24) is 19.7 Å². The molecule has 0 spiro atoms. The van der Waals surface area contributed by atoms with Crippen LogP contribution in [0.1, 0.15) is 40.7 Å². The first kappa shape index (κ1) is 16.9. The van der Waals surface area contributed by atoms with Gasteiger partial charge in [0.05, 0.1) is 18.0 Å². The molecule has 7 nitrogen and oxygen atoms in total. The molecule has 3 heterocycles. The van der Waals surface area contributed by atoms with Crippen molar-refractivity contribution in [3.05, 3.63) is 50.7 Å². The molecule has 1 atom stereocenters. The van der Waals surface area contributed by atoms with Gasteiger partial charge >= 0.3 is 0 Å². The van der Waals surface area contributed by atoms with Gasteiger partial charge in [-0.3, -0.25) is 14.4 Å². The van der Waals surface area contributed by atoms with Gasteiger partial charge in [-0.2, -0.15) is 5.10 Å². The van der Waals surface area contributed by atoms with Gasteiger partial charge < -0.3 is 15.2 Å². The molecular weight excluding hydrogens is 308 g/mol. The van der Waals surface area contributed by atoms with E-state index in [-0.39, 0.29) is 12.0 Å². The second-order valence-corrected chi connectivity index (χ2v) is 6.45. The predicted octanol–water partition coefficient (Wildman–Crippen LogP) is 0.620. The number of rotatable bonds is 4. The van der Waals surface area contributed by atoms with Crippen LogP contribution in [0, 0.1) is 13.8 Å². The van der Waals surface area contributed by atoms with Crippen LogP contribution in [0.15, 0.2) is 17.1 Å². The molecule has 1 aliphatic rings. The molecule has 0 saturated heterocycles. The van der Waals surface area contributed by atoms with Crippen molar-refractivity contribution < 1.29 is 10.2 Å². The first-order chi connectivity index (χ1) is 11.5. The summed E-state index contributed by atoms with van der Waals surface area (Å²) in [6, 6.07) is 1.85. The molecule has 24 heavy (non-hydrogen) atoms. The lowest BCUT2D eigenvalue weighted by molar-refractivity contribution is 0.0916. The Bertz CT molecular complexity index is 781. The number of pyridine rings is 1. The molecule has 3 rings (SSSR count). The first-order valence-electron chi connectivity index (χ1n) is 8.25. The summed E-state index contributed by atoms with van der Waals surface area (Å²) in [6.07, 6.45) is 1.77. The third-order valence-corrected chi connectivity index (χ3v) is 4.62. The largest absolute Gasteiger partial charge is 0.393 e. The smallest absolute Gasteiger partial charge is 0.187 e. The Morgan fingerprint density at radius 2 is 2.17 bits per heavy atom. The number of fused-ring (bicyclic) bond motifs is 1. The quantitative estimate of drug-likeness (QED) is 0.763. The zero-order valence-electron chi connectivity index (χ0n) is 14.1. The van der Waals surface area contributed by atoms with Gasteiger partial charge in [-0.25, -0.2) is 0 Å². The van der Waals surface area contributed by atoms with Crippen LogP contribution >= 0.6 is 0 Å². The molecule has 0 aliphatic carbocycles. The highest BCUT2D eigenvalue weighted by Gasteiger charge is 2.20. The number of aliphatic hydroxyl groups excluding tert-OH is 2. The van der Waals surface area contributed by atoms with Crippen molar-refractivity contribution in [3.63, 3.8) is 0 Å². The maximum atomic E-state index is 12.1. The Morgan fingerprint density at radius 1 is 1.38 bits per heavy atom. The molecule has 3 N–H and O–H groups in total. The lowest BCUT2D eigenvalue weighted by Gasteiger charge is -2.20. The predicted molar refractivity (Wildman–Crippen MR) is 89.5 cm³/mol. The molecule has 0 radical (unpaired) electrons. The summed E-state index contributed by atoms with van der Waals surface area (Å²) in [5.74, 6) is 0. The lowest BCUT2D eigenvalue weighted by Crippen LogP contribution is -2.25. The van der Waals surface area contributed by atoms with Gasteiger partial charge in [0, 0.05) is 49.2 Å². The van der Waals surface area contributed by atoms with Crippen molar-refractivity contribution in [2.24, 2.45) is 0 Å². The first-order valence-corrected chi connectivity index (χ1v) is 8.25. The van der Waals surface area contributed by atoms with E-state index in [1.165, 1.54) is 0 Å². The van der Waals surface area contributed by atoms with Crippen molar-refractivity contribution in [2.75, 3.05) is 13.2 Å². The molecule has 1 aliphatic heterocycles. The van der Waals surface area contributed by atoms with Crippen molar-refractivity contribution in [1.29, 1.82) is 0 Å². The Kier molecular flexibility index (Phi) is 4.84. The molecule has 0 amide bonds. The van der Waals surface area contributed by atoms with Crippen LogP contribution in [-0.4, -0.2) is 43.0 Å². The van der Waals surface area contributed by atoms with Gasteiger partial charge in [0.1, 0.15) is 6.10 Å². The number of hydrogen-bond donors (Lipinski definition) is 3. The maximum absolute atomic E-state index is 12.1. The van der Waals surface area contributed by atoms with E-state index in [9.17, 15) is 9.90 Å². The summed E-state index contributed by atoms with van der Waals surface area (Å²) in [5, 5.41) is 23.2. The fourth-order valence-corrected chi connectivity index (χ4v) is 3.13. The van der Waals surface area contributed by atoms with E-state index >= 15 is 0 Å². The van der Waals surface area contributed by atoms with E-state index in [0.717, 1.165) is 42.0 Å². The number of aliphatic hydroxyl groups is 2. The normalized spacial score (nSPS) is 16.7. The second-order valence-electron chi connectivity index (χ2n) is 6.45. The van der Waals surface area contributed by atoms with Crippen LogP contribution in [0.5, 0.6) is 0 Å². The van der Waals surface area contributed by atoms with Gasteiger partial charge in [-0.15, -0.1) is 0 Å². The number of hydrogen-bond acceptors (Lipinski definition) is 5. The fourth-order valence-electron chi connectivity index (χ4n) is 3.13. The van der Waals surface area contributed by atoms with Gasteiger partial charge in [0.2, 0.25) is 0 Å². The van der Waals surface area contributed by atoms with Crippen molar-refractivity contribution in [2.45, 2.75) is 46.0 Å². The average molecular weight is 332 g/mol. The number of nitrogens with zero attached hydrogens (tertiary/aromatic N) is 3. The van der Waals surface area contributed by atoms with E-state index in [2.05, 4.69) is 15.0 Å². The summed E-state index contributed by atoms with van der Waals surface area (Å²) in [4.78, 5) is 17.6. The van der Waals surface area contributed by atoms with Crippen LogP contribution in [0.3, 0.4) is 0 Å². The highest BCUT2D eigenvalue weighted by molar-refractivity contribution is 5.23. The Labute approximate surface area is 140 Å². The number of aromatic nitrogens is 3. The second kappa shape index (κ2) is 6.88. The molecular formula is C17H24N4O3. The Hall–Kier alpha value is -1.96. The molecule has 7 heteroatoms. The zero-order valence-corrected chi connectivity index (χ0v) is 14.1. The molecule has 0 fully saturated rings. The van der Waals surface area contributed by atoms with Crippen molar-refractivity contribution in [3.8, 4) is 0 Å². The maximum Gasteiger partial charge on any atom is 0.187 e. The van der Waals surface area contributed by atoms with E-state index in [1.807, 2.05) is 24.6 Å². The monoisotopic (exact) mass is 332 g/mol. The minimum atomic E-state index is -0.937. The van der Waals surface area contributed by atoms with Crippen LogP contribution < -0.4 is 5.43 Å². The van der Waals surface area contributed by atoms with Crippen LogP contribution in [0.2, 0.25) is 0 Å². The number of aromatic amines is 1. The third-order valence-electron chi connectivity index (χ3n) is 4.62. The van der Waals surface area contributed by atoms with E-state index < -0.39 is 6.10 Å². The van der Waals surface area contributed by atoms with Gasteiger partial charge in [-0.05, 0) is 26.3 Å². The van der Waals surface area contributed by atoms with Gasteiger partial charge in [0.15, 0.2) is 5.43 Å². The standard InChI is InChI=1S/C17H24N4O3/c1-11-7-18-15(12(2)17(11)24)9-20-4-3-5-21-13(8-20)6-14(19-21)16(23)10-22/h6-7,16,22-23H,3-5,8-10H2,1-2H3,(H,18,24)/t16-/m1/s1. The molecule has 0 aromatic carbocycles. The van der Waals surface area contributed by atoms with Crippen molar-refractivity contribution >= 4 is 0 Å². The molecule has 0 unspecified atom stereocenters. The molecule has 0 bridgehead atoms. The Morgan fingerprint density at radius 3 is 2.92 bits per heavy atom. The molecule has 2 aromatic rings. The topological polar surface area (TPSA) is 94.4 Å². The minimum Gasteiger partial charge on any atom is -0.393 e. The number of nitrogens with one attached hydrogen (secondary N) is 1. The summed E-state index contributed by atoms with van der Waals surface area (Å²) < 4.78 is 1.90. The summed E-state index contributed by atoms with van der Waals surface area (Å²) in [5.41, 5.74) is 4.06. The van der Waals surface area contributed by atoms with Gasteiger partial charge in [0.25, 0.3) is 0 Å². The highest BCUT2D eigenvalue weighted by atomic mass is 16.3. The molecule has 0 saturated carbocycles. The zero-order chi connectivity index (χ0) is 17.3. The summed E-state index contributed by atoms with van der Waals surface area (Å²) in [7, 11) is 0. The van der Waals surface area contributed by atoms with Gasteiger partial charge in [-0.1, -0.05) is 0 Å². The minimum absolute atomic E-state index is 0.0944. The fraction of sp³-hybridized carbons (Fsp3) is 0.529. The lowest BCUT2D eigenvalue weighted by atomic mass is 10.1. The number of H-pyrrole nitrogens is 1. The summed E-state index contributed by atoms with van der Waals surface area (Å²) in [6.45, 7) is 6.41. The van der Waals surface area contributed by atoms with Crippen LogP contribution in [0.4, 0.5) is 0 Å². The van der Waals surface area contributed by atoms with E-state index in [0.29, 0.717) is 18.8 Å². The SMILES string of the molecule is Cc1c[nH]c(CN2CCCn3nc([C@H](O)CO)cc3C2)c(C)c1=O. The molecule has 130 valence electrons. The number of aryl methyl sites for hydroxylation is 2. The molecule has 2 aromatic heterocycles. The van der Waals surface area contributed by atoms with Crippen LogP contribution in [0.25, 0.3) is 0 Å². The third kappa shape index (κ3) is 3.28. The Balaban J connectivity index is 1.80. The average Bonchev–Trinajstić information content (AvgIpc) is 2.88.